The minimum atomic E-state index is 0.749. The van der Waals surface area contributed by atoms with Gasteiger partial charge in [0.2, 0.25) is 0 Å². The van der Waals surface area contributed by atoms with Crippen LogP contribution in [-0.2, 0) is 0 Å². The van der Waals surface area contributed by atoms with E-state index in [1.54, 1.807) is 0 Å². The van der Waals surface area contributed by atoms with Gasteiger partial charge in [-0.1, -0.05) is 38.3 Å². The molecule has 2 rings (SSSR count). The molecular weight excluding hydrogens is 208 g/mol. The van der Waals surface area contributed by atoms with Crippen LogP contribution in [0.5, 0.6) is 0 Å². The molecule has 0 saturated heterocycles. The predicted molar refractivity (Wildman–Crippen MR) is 65.8 cm³/mol. The molecule has 0 bridgehead atoms. The summed E-state index contributed by atoms with van der Waals surface area (Å²) in [5.41, 5.74) is 0. The SMILES string of the molecule is [CH2]CCCCC1Sc2ccccc2S1. The molecule has 1 aromatic carbocycles. The average molecular weight is 223 g/mol. The van der Waals surface area contributed by atoms with Gasteiger partial charge in [0.05, 0.1) is 4.58 Å². The fourth-order valence-electron chi connectivity index (χ4n) is 1.56. The van der Waals surface area contributed by atoms with E-state index in [-0.39, 0.29) is 0 Å². The molecule has 14 heavy (non-hydrogen) atoms. The second-order valence-electron chi connectivity index (χ2n) is 3.46. The van der Waals surface area contributed by atoms with Crippen LogP contribution in [-0.4, -0.2) is 4.58 Å². The summed E-state index contributed by atoms with van der Waals surface area (Å²) in [5.74, 6) is 0. The summed E-state index contributed by atoms with van der Waals surface area (Å²) in [5, 5.41) is 0. The van der Waals surface area contributed by atoms with Crippen molar-refractivity contribution in [3.63, 3.8) is 0 Å². The molecule has 0 N–H and O–H groups in total. The molecule has 0 saturated carbocycles. The fraction of sp³-hybridized carbons (Fsp3) is 0.417. The van der Waals surface area contributed by atoms with E-state index in [4.69, 9.17) is 0 Å². The molecule has 1 aliphatic rings. The highest BCUT2D eigenvalue weighted by atomic mass is 32.2. The van der Waals surface area contributed by atoms with Crippen LogP contribution >= 0.6 is 23.5 Å². The van der Waals surface area contributed by atoms with E-state index in [9.17, 15) is 0 Å². The zero-order valence-corrected chi connectivity index (χ0v) is 9.87. The first-order chi connectivity index (χ1) is 6.90. The van der Waals surface area contributed by atoms with Crippen LogP contribution < -0.4 is 0 Å². The minimum absolute atomic E-state index is 0.749. The first kappa shape index (κ1) is 10.4. The molecule has 0 atom stereocenters. The van der Waals surface area contributed by atoms with E-state index < -0.39 is 0 Å². The first-order valence-electron chi connectivity index (χ1n) is 5.12. The molecule has 1 radical (unpaired) electrons. The quantitative estimate of drug-likeness (QED) is 0.684. The normalized spacial score (nSPS) is 15.8. The van der Waals surface area contributed by atoms with Gasteiger partial charge in [0.25, 0.3) is 0 Å². The predicted octanol–water partition coefficient (Wildman–Crippen LogP) is 4.60. The molecule has 0 aliphatic carbocycles. The summed E-state index contributed by atoms with van der Waals surface area (Å²) < 4.78 is 0.749. The number of hydrogen-bond acceptors (Lipinski definition) is 2. The van der Waals surface area contributed by atoms with E-state index in [0.717, 1.165) is 11.0 Å². The van der Waals surface area contributed by atoms with Crippen LogP contribution in [0.15, 0.2) is 34.1 Å². The second kappa shape index (κ2) is 5.13. The van der Waals surface area contributed by atoms with Gasteiger partial charge >= 0.3 is 0 Å². The van der Waals surface area contributed by atoms with Gasteiger partial charge in [-0.25, -0.2) is 0 Å². The molecule has 1 aromatic rings. The maximum absolute atomic E-state index is 3.88. The lowest BCUT2D eigenvalue weighted by Crippen LogP contribution is -1.90. The Bertz CT molecular complexity index is 271. The summed E-state index contributed by atoms with van der Waals surface area (Å²) in [4.78, 5) is 2.94. The van der Waals surface area contributed by atoms with E-state index in [0.29, 0.717) is 0 Å². The second-order valence-corrected chi connectivity index (χ2v) is 6.25. The summed E-state index contributed by atoms with van der Waals surface area (Å²) in [6, 6.07) is 8.72. The Morgan fingerprint density at radius 3 is 2.29 bits per heavy atom. The molecule has 0 spiro atoms. The third-order valence-corrected chi connectivity index (χ3v) is 5.23. The largest absolute Gasteiger partial charge is 0.110 e. The van der Waals surface area contributed by atoms with E-state index in [1.807, 2.05) is 23.5 Å². The number of rotatable bonds is 4. The van der Waals surface area contributed by atoms with E-state index in [1.165, 1.54) is 29.1 Å². The molecular formula is C12H15S2. The Labute approximate surface area is 94.9 Å². The van der Waals surface area contributed by atoms with Gasteiger partial charge in [-0.2, -0.15) is 0 Å². The molecule has 0 unspecified atom stereocenters. The smallest absolute Gasteiger partial charge is 0.0597 e. The highest BCUT2D eigenvalue weighted by Gasteiger charge is 2.21. The molecule has 1 aliphatic heterocycles. The third-order valence-electron chi connectivity index (χ3n) is 2.31. The van der Waals surface area contributed by atoms with Crippen molar-refractivity contribution in [2.75, 3.05) is 0 Å². The van der Waals surface area contributed by atoms with Crippen molar-refractivity contribution in [3.8, 4) is 0 Å². The van der Waals surface area contributed by atoms with Crippen molar-refractivity contribution in [2.45, 2.75) is 40.1 Å². The van der Waals surface area contributed by atoms with Gasteiger partial charge in [0.1, 0.15) is 0 Å². The van der Waals surface area contributed by atoms with Gasteiger partial charge in [-0.3, -0.25) is 0 Å². The van der Waals surface area contributed by atoms with Crippen LogP contribution in [0.4, 0.5) is 0 Å². The number of unbranched alkanes of at least 4 members (excludes halogenated alkanes) is 2. The van der Waals surface area contributed by atoms with Gasteiger partial charge in [0.15, 0.2) is 0 Å². The van der Waals surface area contributed by atoms with Crippen molar-refractivity contribution in [2.24, 2.45) is 0 Å². The molecule has 0 nitrogen and oxygen atoms in total. The Hall–Kier alpha value is -0.0800. The Morgan fingerprint density at radius 2 is 1.71 bits per heavy atom. The fourth-order valence-corrected chi connectivity index (χ4v) is 4.48. The highest BCUT2D eigenvalue weighted by molar-refractivity contribution is 8.19. The Kier molecular flexibility index (Phi) is 3.82. The zero-order valence-electron chi connectivity index (χ0n) is 8.24. The van der Waals surface area contributed by atoms with Crippen molar-refractivity contribution >= 4 is 23.5 Å². The molecule has 2 heteroatoms. The molecule has 0 aromatic heterocycles. The van der Waals surface area contributed by atoms with Gasteiger partial charge < -0.3 is 0 Å². The summed E-state index contributed by atoms with van der Waals surface area (Å²) in [6.07, 6.45) is 4.99. The van der Waals surface area contributed by atoms with Crippen LogP contribution in [0.3, 0.4) is 0 Å². The topological polar surface area (TPSA) is 0 Å². The molecule has 75 valence electrons. The maximum Gasteiger partial charge on any atom is 0.0597 e. The number of hydrogen-bond donors (Lipinski definition) is 0. The lowest BCUT2D eigenvalue weighted by molar-refractivity contribution is 0.722. The van der Waals surface area contributed by atoms with Crippen LogP contribution in [0.1, 0.15) is 25.7 Å². The minimum Gasteiger partial charge on any atom is -0.110 e. The molecule has 0 amide bonds. The monoisotopic (exact) mass is 223 g/mol. The van der Waals surface area contributed by atoms with Crippen LogP contribution in [0.2, 0.25) is 0 Å². The number of benzene rings is 1. The maximum atomic E-state index is 3.88. The van der Waals surface area contributed by atoms with E-state index in [2.05, 4.69) is 31.2 Å². The summed E-state index contributed by atoms with van der Waals surface area (Å²) >= 11 is 4.06. The van der Waals surface area contributed by atoms with Crippen molar-refractivity contribution in [1.29, 1.82) is 0 Å². The van der Waals surface area contributed by atoms with Gasteiger partial charge in [0, 0.05) is 9.79 Å². The van der Waals surface area contributed by atoms with Crippen molar-refractivity contribution in [3.05, 3.63) is 31.2 Å². The number of fused-ring (bicyclic) bond motifs is 1. The lowest BCUT2D eigenvalue weighted by Gasteiger charge is -2.05. The average Bonchev–Trinajstić information content (AvgIpc) is 2.60. The standard InChI is InChI=1S/C12H15S2/c1-2-3-4-9-12-13-10-7-5-6-8-11(10)14-12/h5-8,12H,1-4,9H2. The van der Waals surface area contributed by atoms with Gasteiger partial charge in [-0.15, -0.1) is 23.5 Å². The van der Waals surface area contributed by atoms with Crippen LogP contribution in [0.25, 0.3) is 0 Å². The summed E-state index contributed by atoms with van der Waals surface area (Å²) in [7, 11) is 0. The van der Waals surface area contributed by atoms with Crippen molar-refractivity contribution in [1.82, 2.24) is 0 Å². The Morgan fingerprint density at radius 1 is 1.07 bits per heavy atom. The third kappa shape index (κ3) is 2.48. The lowest BCUT2D eigenvalue weighted by atomic mass is 10.2. The summed E-state index contributed by atoms with van der Waals surface area (Å²) in [6.45, 7) is 3.88. The zero-order chi connectivity index (χ0) is 9.80. The Balaban J connectivity index is 1.86. The molecule has 0 fully saturated rings. The van der Waals surface area contributed by atoms with Gasteiger partial charge in [-0.05, 0) is 18.6 Å². The highest BCUT2D eigenvalue weighted by Crippen LogP contribution is 2.49. The van der Waals surface area contributed by atoms with Crippen LogP contribution in [0, 0.1) is 6.92 Å². The van der Waals surface area contributed by atoms with Crippen molar-refractivity contribution < 1.29 is 0 Å². The van der Waals surface area contributed by atoms with E-state index >= 15 is 0 Å². The first-order valence-corrected chi connectivity index (χ1v) is 6.87. The molecule has 1 heterocycles. The number of thioether (sulfide) groups is 2.